The van der Waals surface area contributed by atoms with Crippen LogP contribution in [0.4, 0.5) is 5.69 Å². The Labute approximate surface area is 266 Å². The number of aryl methyl sites for hydroxylation is 1. The van der Waals surface area contributed by atoms with Gasteiger partial charge in [-0.25, -0.2) is 13.8 Å². The summed E-state index contributed by atoms with van der Waals surface area (Å²) in [4.78, 5) is 37.1. The minimum atomic E-state index is -4.16. The van der Waals surface area contributed by atoms with Crippen molar-refractivity contribution in [3.8, 4) is 11.5 Å². The van der Waals surface area contributed by atoms with Gasteiger partial charge in [-0.2, -0.15) is 9.41 Å². The van der Waals surface area contributed by atoms with E-state index in [2.05, 4.69) is 21.2 Å². The highest BCUT2D eigenvalue weighted by Crippen LogP contribution is 2.31. The lowest BCUT2D eigenvalue weighted by Crippen LogP contribution is -2.39. The first-order chi connectivity index (χ1) is 22.1. The third-order valence-corrected chi connectivity index (χ3v) is 8.30. The third-order valence-electron chi connectivity index (χ3n) is 6.52. The summed E-state index contributed by atoms with van der Waals surface area (Å²) in [5.41, 5.74) is 4.49. The van der Waals surface area contributed by atoms with Crippen molar-refractivity contribution in [2.24, 2.45) is 5.10 Å². The molecule has 13 nitrogen and oxygen atoms in total. The molecular formula is C32H33N5O8S. The molecule has 0 unspecified atom stereocenters. The SMILES string of the molecule is COc1ccc(S(=O)(=O)N(CC(=O)N/N=C\c2ccc(CNC(=O)C(=O)Nc3ccc(C)cc3)o2)Cc2ccccc2)cc1OC. The van der Waals surface area contributed by atoms with Crippen molar-refractivity contribution >= 4 is 39.6 Å². The van der Waals surface area contributed by atoms with Crippen molar-refractivity contribution in [1.29, 1.82) is 0 Å². The Bertz CT molecular complexity index is 1810. The number of hydrazone groups is 1. The molecule has 0 aliphatic rings. The summed E-state index contributed by atoms with van der Waals surface area (Å²) in [5, 5.41) is 8.84. The lowest BCUT2D eigenvalue weighted by molar-refractivity contribution is -0.136. The molecule has 0 spiro atoms. The molecule has 240 valence electrons. The largest absolute Gasteiger partial charge is 0.493 e. The Hall–Kier alpha value is -5.47. The van der Waals surface area contributed by atoms with Gasteiger partial charge >= 0.3 is 11.8 Å². The van der Waals surface area contributed by atoms with E-state index in [0.717, 1.165) is 9.87 Å². The van der Waals surface area contributed by atoms with Gasteiger partial charge in [0.05, 0.1) is 38.4 Å². The number of nitrogens with zero attached hydrogens (tertiary/aromatic N) is 2. The Balaban J connectivity index is 1.35. The number of rotatable bonds is 13. The fraction of sp³-hybridized carbons (Fsp3) is 0.188. The van der Waals surface area contributed by atoms with Crippen LogP contribution in [-0.2, 0) is 37.5 Å². The number of methoxy groups -OCH3 is 2. The second-order valence-corrected chi connectivity index (χ2v) is 11.8. The van der Waals surface area contributed by atoms with Gasteiger partial charge in [0.25, 0.3) is 5.91 Å². The third kappa shape index (κ3) is 9.03. The van der Waals surface area contributed by atoms with Gasteiger partial charge in [-0.15, -0.1) is 0 Å². The van der Waals surface area contributed by atoms with Gasteiger partial charge in [-0.05, 0) is 48.9 Å². The van der Waals surface area contributed by atoms with Crippen molar-refractivity contribution in [2.75, 3.05) is 26.1 Å². The number of sulfonamides is 1. The Morgan fingerprint density at radius 2 is 1.61 bits per heavy atom. The number of carbonyl (C=O) groups is 3. The fourth-order valence-corrected chi connectivity index (χ4v) is 5.53. The molecule has 0 atom stereocenters. The molecule has 0 aliphatic heterocycles. The van der Waals surface area contributed by atoms with Crippen LogP contribution in [0.3, 0.4) is 0 Å². The van der Waals surface area contributed by atoms with Crippen LogP contribution < -0.4 is 25.5 Å². The Kier molecular flexibility index (Phi) is 11.3. The van der Waals surface area contributed by atoms with Gasteiger partial charge in [0.1, 0.15) is 11.5 Å². The summed E-state index contributed by atoms with van der Waals surface area (Å²) in [5.74, 6) is -1.21. The predicted octanol–water partition coefficient (Wildman–Crippen LogP) is 3.20. The molecule has 4 aromatic rings. The van der Waals surface area contributed by atoms with Crippen LogP contribution in [0.25, 0.3) is 0 Å². The zero-order chi connectivity index (χ0) is 33.1. The molecule has 0 saturated heterocycles. The zero-order valence-corrected chi connectivity index (χ0v) is 26.2. The first kappa shape index (κ1) is 33.4. The van der Waals surface area contributed by atoms with E-state index in [9.17, 15) is 22.8 Å². The van der Waals surface area contributed by atoms with E-state index >= 15 is 0 Å². The van der Waals surface area contributed by atoms with Crippen LogP contribution in [0.15, 0.2) is 99.3 Å². The number of furan rings is 1. The van der Waals surface area contributed by atoms with E-state index in [0.29, 0.717) is 22.8 Å². The maximum absolute atomic E-state index is 13.6. The van der Waals surface area contributed by atoms with E-state index in [1.807, 2.05) is 19.1 Å². The smallest absolute Gasteiger partial charge is 0.313 e. The summed E-state index contributed by atoms with van der Waals surface area (Å²) in [6, 6.07) is 23.1. The average molecular weight is 648 g/mol. The molecule has 0 saturated carbocycles. The van der Waals surface area contributed by atoms with Crippen LogP contribution >= 0.6 is 0 Å². The quantitative estimate of drug-likeness (QED) is 0.113. The zero-order valence-electron chi connectivity index (χ0n) is 25.4. The highest BCUT2D eigenvalue weighted by atomic mass is 32.2. The second-order valence-electron chi connectivity index (χ2n) is 9.88. The number of ether oxygens (including phenoxy) is 2. The minimum absolute atomic E-state index is 0.0667. The Morgan fingerprint density at radius 1 is 0.891 bits per heavy atom. The first-order valence-corrected chi connectivity index (χ1v) is 15.4. The van der Waals surface area contributed by atoms with E-state index in [1.54, 1.807) is 54.6 Å². The highest BCUT2D eigenvalue weighted by molar-refractivity contribution is 7.89. The number of nitrogens with one attached hydrogen (secondary N) is 3. The number of hydrogen-bond acceptors (Lipinski definition) is 9. The molecule has 0 fully saturated rings. The van der Waals surface area contributed by atoms with Crippen LogP contribution in [0.2, 0.25) is 0 Å². The maximum atomic E-state index is 13.6. The number of anilines is 1. The summed E-state index contributed by atoms with van der Waals surface area (Å²) >= 11 is 0. The van der Waals surface area contributed by atoms with Crippen molar-refractivity contribution < 1.29 is 36.7 Å². The summed E-state index contributed by atoms with van der Waals surface area (Å²) in [6.45, 7) is 1.22. The standard InChI is InChI=1S/C32H33N5O8S/c1-22-9-11-24(12-10-22)35-32(40)31(39)33-18-25-13-14-26(45-25)19-34-36-30(38)21-37(20-23-7-5-4-6-8-23)46(41,42)27-15-16-28(43-2)29(17-27)44-3/h4-17,19H,18,20-21H2,1-3H3,(H,33,39)(H,35,40)(H,36,38)/b34-19-. The lowest BCUT2D eigenvalue weighted by atomic mass is 10.2. The Morgan fingerprint density at radius 3 is 2.30 bits per heavy atom. The molecule has 0 radical (unpaired) electrons. The molecule has 1 aromatic heterocycles. The molecule has 4 rings (SSSR count). The van der Waals surface area contributed by atoms with Gasteiger partial charge in [0.15, 0.2) is 11.5 Å². The van der Waals surface area contributed by atoms with Gasteiger partial charge in [0.2, 0.25) is 10.0 Å². The maximum Gasteiger partial charge on any atom is 0.313 e. The van der Waals surface area contributed by atoms with E-state index in [1.165, 1.54) is 38.6 Å². The van der Waals surface area contributed by atoms with E-state index in [-0.39, 0.29) is 29.5 Å². The molecule has 0 bridgehead atoms. The molecule has 3 aromatic carbocycles. The molecule has 1 heterocycles. The fourth-order valence-electron chi connectivity index (χ4n) is 4.13. The molecule has 3 amide bonds. The monoisotopic (exact) mass is 647 g/mol. The van der Waals surface area contributed by atoms with E-state index in [4.69, 9.17) is 13.9 Å². The van der Waals surface area contributed by atoms with Crippen LogP contribution in [-0.4, -0.2) is 57.4 Å². The van der Waals surface area contributed by atoms with E-state index < -0.39 is 34.3 Å². The molecule has 3 N–H and O–H groups in total. The van der Waals surface area contributed by atoms with Gasteiger partial charge < -0.3 is 24.5 Å². The molecular weight excluding hydrogens is 614 g/mol. The lowest BCUT2D eigenvalue weighted by Gasteiger charge is -2.22. The normalized spacial score (nSPS) is 11.3. The van der Waals surface area contributed by atoms with Gasteiger partial charge in [-0.1, -0.05) is 48.0 Å². The van der Waals surface area contributed by atoms with Crippen molar-refractivity contribution in [3.05, 3.63) is 108 Å². The van der Waals surface area contributed by atoms with Gasteiger partial charge in [0, 0.05) is 18.3 Å². The van der Waals surface area contributed by atoms with Gasteiger partial charge in [-0.3, -0.25) is 14.4 Å². The summed E-state index contributed by atoms with van der Waals surface area (Å²) in [6.07, 6.45) is 1.22. The van der Waals surface area contributed by atoms with Crippen molar-refractivity contribution in [3.63, 3.8) is 0 Å². The number of hydrogen-bond donors (Lipinski definition) is 3. The highest BCUT2D eigenvalue weighted by Gasteiger charge is 2.28. The average Bonchev–Trinajstić information content (AvgIpc) is 3.52. The van der Waals surface area contributed by atoms with Crippen LogP contribution in [0.5, 0.6) is 11.5 Å². The minimum Gasteiger partial charge on any atom is -0.493 e. The first-order valence-electron chi connectivity index (χ1n) is 13.9. The van der Waals surface area contributed by atoms with Crippen molar-refractivity contribution in [1.82, 2.24) is 15.0 Å². The summed E-state index contributed by atoms with van der Waals surface area (Å²) < 4.78 is 44.3. The van der Waals surface area contributed by atoms with Crippen LogP contribution in [0, 0.1) is 6.92 Å². The number of carbonyl (C=O) groups excluding carboxylic acids is 3. The topological polar surface area (TPSA) is 169 Å². The molecule has 0 aliphatic carbocycles. The molecule has 14 heteroatoms. The van der Waals surface area contributed by atoms with Crippen molar-refractivity contribution in [2.45, 2.75) is 24.9 Å². The van der Waals surface area contributed by atoms with Crippen LogP contribution in [0.1, 0.15) is 22.6 Å². The number of benzene rings is 3. The number of amides is 3. The predicted molar refractivity (Wildman–Crippen MR) is 170 cm³/mol. The summed E-state index contributed by atoms with van der Waals surface area (Å²) in [7, 11) is -1.33. The molecule has 46 heavy (non-hydrogen) atoms. The second kappa shape index (κ2) is 15.5.